The smallest absolute Gasteiger partial charge is 0.382 e. The van der Waals surface area contributed by atoms with Crippen LogP contribution in [0.4, 0.5) is 13.2 Å². The number of ketones is 2. The minimum Gasteiger partial charge on any atom is -0.382 e. The first-order valence-corrected chi connectivity index (χ1v) is 14.7. The standard InChI is InChI=1S/C32H41F3N2O4/c1-26(2)9-11-31(25(40)37-17-32(33,34)35)12-10-29(5)23(19(31)15-26)20(38)13-22-27(3)14-18(16-36)24(39)30(6,41)21(27)7-8-28(22,29)4/h13-14,19,21,23,41H,7-12,15,17H2,1-6H3,(H,37,40)/t19-,21+,23-,27-,28+,29+,30-,31-/m0/s1. The van der Waals surface area contributed by atoms with E-state index in [1.807, 2.05) is 13.0 Å². The Morgan fingerprint density at radius 1 is 1.07 bits per heavy atom. The number of nitrogens with zero attached hydrogens (tertiary/aromatic N) is 1. The molecule has 9 heteroatoms. The molecule has 224 valence electrons. The molecule has 0 unspecified atom stereocenters. The van der Waals surface area contributed by atoms with Crippen molar-refractivity contribution in [2.45, 2.75) is 98.3 Å². The molecule has 0 aromatic carbocycles. The molecule has 0 aromatic rings. The molecule has 5 rings (SSSR count). The Kier molecular flexibility index (Phi) is 6.42. The number of hydrogen-bond acceptors (Lipinski definition) is 5. The number of fused-ring (bicyclic) bond motifs is 7. The van der Waals surface area contributed by atoms with Crippen LogP contribution in [0.2, 0.25) is 0 Å². The van der Waals surface area contributed by atoms with Crippen molar-refractivity contribution in [3.8, 4) is 6.07 Å². The number of halogens is 3. The number of Topliss-reactive ketones (excluding diaryl/α,β-unsaturated/α-hetero) is 1. The third kappa shape index (κ3) is 4.02. The van der Waals surface area contributed by atoms with E-state index in [9.17, 15) is 37.9 Å². The van der Waals surface area contributed by atoms with E-state index in [2.05, 4.69) is 33.0 Å². The lowest BCUT2D eigenvalue weighted by Gasteiger charge is -2.68. The van der Waals surface area contributed by atoms with Crippen LogP contribution in [0.25, 0.3) is 0 Å². The zero-order chi connectivity index (χ0) is 30.6. The topological polar surface area (TPSA) is 107 Å². The van der Waals surface area contributed by atoms with E-state index >= 15 is 0 Å². The molecule has 0 radical (unpaired) electrons. The maximum atomic E-state index is 14.4. The number of nitriles is 1. The van der Waals surface area contributed by atoms with Gasteiger partial charge < -0.3 is 10.4 Å². The van der Waals surface area contributed by atoms with Gasteiger partial charge in [0.1, 0.15) is 18.2 Å². The lowest BCUT2D eigenvalue weighted by molar-refractivity contribution is -0.183. The minimum absolute atomic E-state index is 0.114. The molecule has 2 N–H and O–H groups in total. The number of carbonyl (C=O) groups is 3. The van der Waals surface area contributed by atoms with Crippen molar-refractivity contribution < 1.29 is 32.7 Å². The Morgan fingerprint density at radius 2 is 1.71 bits per heavy atom. The Balaban J connectivity index is 1.65. The van der Waals surface area contributed by atoms with Gasteiger partial charge in [0, 0.05) is 17.3 Å². The van der Waals surface area contributed by atoms with Gasteiger partial charge in [-0.1, -0.05) is 46.3 Å². The summed E-state index contributed by atoms with van der Waals surface area (Å²) in [7, 11) is 0. The number of nitrogens with one attached hydrogen (secondary N) is 1. The van der Waals surface area contributed by atoms with E-state index in [4.69, 9.17) is 0 Å². The van der Waals surface area contributed by atoms with Crippen molar-refractivity contribution in [1.82, 2.24) is 5.32 Å². The number of aliphatic hydroxyl groups is 1. The Hall–Kier alpha value is -2.47. The van der Waals surface area contributed by atoms with Crippen molar-refractivity contribution in [1.29, 1.82) is 5.26 Å². The monoisotopic (exact) mass is 574 g/mol. The molecule has 5 aliphatic rings. The second-order valence-corrected chi connectivity index (χ2v) is 15.1. The quantitative estimate of drug-likeness (QED) is 0.446. The molecule has 41 heavy (non-hydrogen) atoms. The van der Waals surface area contributed by atoms with Crippen LogP contribution >= 0.6 is 0 Å². The molecular formula is C32H41F3N2O4. The summed E-state index contributed by atoms with van der Waals surface area (Å²) >= 11 is 0. The molecule has 0 bridgehead atoms. The lowest BCUT2D eigenvalue weighted by atomic mass is 9.34. The maximum Gasteiger partial charge on any atom is 0.405 e. The van der Waals surface area contributed by atoms with Gasteiger partial charge in [-0.15, -0.1) is 0 Å². The predicted molar refractivity (Wildman–Crippen MR) is 145 cm³/mol. The summed E-state index contributed by atoms with van der Waals surface area (Å²) in [6.07, 6.45) is 2.39. The second-order valence-electron chi connectivity index (χ2n) is 15.1. The Labute approximate surface area is 239 Å². The van der Waals surface area contributed by atoms with Gasteiger partial charge in [0.05, 0.1) is 11.0 Å². The minimum atomic E-state index is -4.53. The summed E-state index contributed by atoms with van der Waals surface area (Å²) in [6, 6.07) is 1.95. The van der Waals surface area contributed by atoms with Crippen LogP contribution in [0.5, 0.6) is 0 Å². The first kappa shape index (κ1) is 30.0. The van der Waals surface area contributed by atoms with Gasteiger partial charge in [-0.3, -0.25) is 14.4 Å². The number of allylic oxidation sites excluding steroid dienone is 3. The highest BCUT2D eigenvalue weighted by Gasteiger charge is 2.71. The summed E-state index contributed by atoms with van der Waals surface area (Å²) < 4.78 is 39.4. The molecule has 3 fully saturated rings. The van der Waals surface area contributed by atoms with Crippen LogP contribution in [0, 0.1) is 56.2 Å². The third-order valence-corrected chi connectivity index (χ3v) is 12.4. The van der Waals surface area contributed by atoms with Crippen molar-refractivity contribution >= 4 is 17.5 Å². The van der Waals surface area contributed by atoms with E-state index in [1.165, 1.54) is 6.92 Å². The zero-order valence-corrected chi connectivity index (χ0v) is 24.8. The number of hydrogen-bond donors (Lipinski definition) is 2. The fourth-order valence-electron chi connectivity index (χ4n) is 10.1. The number of alkyl halides is 3. The molecular weight excluding hydrogens is 533 g/mol. The normalized spacial score (nSPS) is 45.1. The average Bonchev–Trinajstić information content (AvgIpc) is 2.85. The predicted octanol–water partition coefficient (Wildman–Crippen LogP) is 5.61. The molecule has 0 aromatic heterocycles. The van der Waals surface area contributed by atoms with E-state index in [0.717, 1.165) is 5.57 Å². The summed E-state index contributed by atoms with van der Waals surface area (Å²) in [6.45, 7) is 10.4. The molecule has 8 atom stereocenters. The Morgan fingerprint density at radius 3 is 2.32 bits per heavy atom. The van der Waals surface area contributed by atoms with Crippen LogP contribution in [0.15, 0.2) is 23.3 Å². The average molecular weight is 575 g/mol. The maximum absolute atomic E-state index is 14.4. The van der Waals surface area contributed by atoms with E-state index in [0.29, 0.717) is 44.9 Å². The Bertz CT molecular complexity index is 1320. The summed E-state index contributed by atoms with van der Waals surface area (Å²) in [5, 5.41) is 23.3. The number of amides is 1. The van der Waals surface area contributed by atoms with Gasteiger partial charge in [-0.25, -0.2) is 0 Å². The van der Waals surface area contributed by atoms with Gasteiger partial charge in [-0.05, 0) is 80.1 Å². The van der Waals surface area contributed by atoms with Crippen molar-refractivity contribution in [2.75, 3.05) is 6.54 Å². The van der Waals surface area contributed by atoms with Crippen molar-refractivity contribution in [2.24, 2.45) is 44.8 Å². The lowest BCUT2D eigenvalue weighted by Crippen LogP contribution is -2.67. The molecule has 5 aliphatic carbocycles. The molecule has 3 saturated carbocycles. The van der Waals surface area contributed by atoms with Crippen LogP contribution in [-0.4, -0.2) is 40.9 Å². The molecule has 0 heterocycles. The SMILES string of the molecule is CC1(C)CC[C@]2(C(=O)NCC(F)(F)F)CC[C@]3(C)[C@H](C(=O)C=C4[C@@]5(C)C=C(C#N)C(=O)[C@@](C)(O)[C@@H]5CC[C@]43C)[C@@H]2C1. The third-order valence-electron chi connectivity index (χ3n) is 12.4. The highest BCUT2D eigenvalue weighted by atomic mass is 19.4. The van der Waals surface area contributed by atoms with E-state index < -0.39 is 69.4 Å². The number of rotatable bonds is 2. The van der Waals surface area contributed by atoms with Gasteiger partial charge in [0.15, 0.2) is 5.78 Å². The summed E-state index contributed by atoms with van der Waals surface area (Å²) in [4.78, 5) is 41.0. The molecule has 1 amide bonds. The van der Waals surface area contributed by atoms with E-state index in [-0.39, 0.29) is 16.8 Å². The van der Waals surface area contributed by atoms with Crippen LogP contribution in [-0.2, 0) is 14.4 Å². The highest BCUT2D eigenvalue weighted by molar-refractivity contribution is 6.06. The van der Waals surface area contributed by atoms with Crippen molar-refractivity contribution in [3.63, 3.8) is 0 Å². The van der Waals surface area contributed by atoms with Gasteiger partial charge in [0.2, 0.25) is 11.7 Å². The van der Waals surface area contributed by atoms with Crippen LogP contribution < -0.4 is 5.32 Å². The van der Waals surface area contributed by atoms with Crippen LogP contribution in [0.3, 0.4) is 0 Å². The van der Waals surface area contributed by atoms with Crippen LogP contribution in [0.1, 0.15) is 86.5 Å². The van der Waals surface area contributed by atoms with E-state index in [1.54, 1.807) is 12.2 Å². The number of carbonyl (C=O) groups excluding carboxylic acids is 3. The zero-order valence-electron chi connectivity index (χ0n) is 24.8. The largest absolute Gasteiger partial charge is 0.405 e. The first-order chi connectivity index (χ1) is 18.7. The molecule has 6 nitrogen and oxygen atoms in total. The van der Waals surface area contributed by atoms with Gasteiger partial charge in [0.25, 0.3) is 0 Å². The molecule has 0 aliphatic heterocycles. The van der Waals surface area contributed by atoms with Gasteiger partial charge >= 0.3 is 6.18 Å². The molecule has 0 spiro atoms. The second kappa shape index (κ2) is 8.78. The highest BCUT2D eigenvalue weighted by Crippen LogP contribution is 2.74. The van der Waals surface area contributed by atoms with Gasteiger partial charge in [-0.2, -0.15) is 18.4 Å². The molecule has 0 saturated heterocycles. The first-order valence-electron chi connectivity index (χ1n) is 14.7. The van der Waals surface area contributed by atoms with Crippen molar-refractivity contribution in [3.05, 3.63) is 23.3 Å². The fraction of sp³-hybridized carbons (Fsp3) is 0.750. The summed E-state index contributed by atoms with van der Waals surface area (Å²) in [5.41, 5.74) is -4.39. The fourth-order valence-corrected chi connectivity index (χ4v) is 10.1. The summed E-state index contributed by atoms with van der Waals surface area (Å²) in [5.74, 6) is -2.87.